The summed E-state index contributed by atoms with van der Waals surface area (Å²) in [6.45, 7) is 0.583. The molecule has 3 N–H and O–H groups in total. The van der Waals surface area contributed by atoms with Crippen molar-refractivity contribution in [2.75, 3.05) is 19.8 Å². The van der Waals surface area contributed by atoms with E-state index in [0.29, 0.717) is 13.0 Å². The maximum absolute atomic E-state index is 12.7. The average molecular weight is 479 g/mol. The Kier molecular flexibility index (Phi) is 6.72. The Bertz CT molecular complexity index is 1070. The predicted molar refractivity (Wildman–Crippen MR) is 128 cm³/mol. The summed E-state index contributed by atoms with van der Waals surface area (Å²) in [6, 6.07) is 15.7. The number of carbonyl (C=O) groups is 3. The van der Waals surface area contributed by atoms with Gasteiger partial charge in [0.1, 0.15) is 6.61 Å². The lowest BCUT2D eigenvalue weighted by molar-refractivity contribution is -0.145. The molecule has 5 rings (SSSR count). The molecule has 3 aliphatic rings. The van der Waals surface area contributed by atoms with E-state index in [1.54, 1.807) is 0 Å². The third-order valence-corrected chi connectivity index (χ3v) is 7.53. The molecule has 2 aliphatic carbocycles. The van der Waals surface area contributed by atoms with Crippen LogP contribution in [0.1, 0.15) is 42.7 Å². The number of carboxylic acids is 1. The van der Waals surface area contributed by atoms with Crippen LogP contribution >= 0.6 is 0 Å². The molecule has 2 amide bonds. The van der Waals surface area contributed by atoms with Crippen LogP contribution in [0.15, 0.2) is 48.5 Å². The first-order chi connectivity index (χ1) is 17.0. The van der Waals surface area contributed by atoms with Gasteiger partial charge < -0.3 is 25.2 Å². The first-order valence-corrected chi connectivity index (χ1v) is 12.3. The predicted octanol–water partition coefficient (Wildman–Crippen LogP) is 3.30. The summed E-state index contributed by atoms with van der Waals surface area (Å²) in [4.78, 5) is 36.9. The number of hydrogen-bond acceptors (Lipinski definition) is 5. The number of amides is 2. The van der Waals surface area contributed by atoms with E-state index in [9.17, 15) is 19.5 Å². The molecule has 2 aromatic rings. The van der Waals surface area contributed by atoms with Crippen molar-refractivity contribution < 1.29 is 29.0 Å². The van der Waals surface area contributed by atoms with Crippen LogP contribution in [-0.2, 0) is 19.1 Å². The highest BCUT2D eigenvalue weighted by atomic mass is 16.6. The van der Waals surface area contributed by atoms with E-state index in [4.69, 9.17) is 9.47 Å². The van der Waals surface area contributed by atoms with Gasteiger partial charge in [-0.1, -0.05) is 55.0 Å². The largest absolute Gasteiger partial charge is 0.481 e. The number of fused-ring (bicyclic) bond motifs is 3. The lowest BCUT2D eigenvalue weighted by Gasteiger charge is -2.31. The van der Waals surface area contributed by atoms with Gasteiger partial charge in [0, 0.05) is 19.1 Å². The molecular weight excluding hydrogens is 448 g/mol. The number of aliphatic carboxylic acids is 1. The molecule has 0 spiro atoms. The van der Waals surface area contributed by atoms with E-state index in [0.717, 1.165) is 41.5 Å². The summed E-state index contributed by atoms with van der Waals surface area (Å²) in [5.74, 6) is -1.84. The third-order valence-electron chi connectivity index (χ3n) is 7.53. The maximum Gasteiger partial charge on any atom is 0.407 e. The highest BCUT2D eigenvalue weighted by Gasteiger charge is 2.38. The fourth-order valence-electron chi connectivity index (χ4n) is 5.40. The van der Waals surface area contributed by atoms with Gasteiger partial charge in [-0.05, 0) is 47.4 Å². The average Bonchev–Trinajstić information content (AvgIpc) is 3.41. The van der Waals surface area contributed by atoms with Crippen LogP contribution in [0.25, 0.3) is 11.1 Å². The van der Waals surface area contributed by atoms with Gasteiger partial charge in [-0.15, -0.1) is 0 Å². The first-order valence-electron chi connectivity index (χ1n) is 12.3. The lowest BCUT2D eigenvalue weighted by Crippen LogP contribution is -2.50. The van der Waals surface area contributed by atoms with Crippen molar-refractivity contribution in [1.82, 2.24) is 10.6 Å². The van der Waals surface area contributed by atoms with Gasteiger partial charge >= 0.3 is 12.1 Å². The summed E-state index contributed by atoms with van der Waals surface area (Å²) >= 11 is 0. The SMILES string of the molecule is O=C(N[C@H]1CCO[C@H]1C(=O)NCC(C(=O)O)C1CCC1)OCC1c2ccccc2-c2ccccc21. The Morgan fingerprint density at radius 2 is 1.66 bits per heavy atom. The second-order valence-electron chi connectivity index (χ2n) is 9.54. The molecule has 0 bridgehead atoms. The van der Waals surface area contributed by atoms with Crippen molar-refractivity contribution >= 4 is 18.0 Å². The molecule has 1 heterocycles. The van der Waals surface area contributed by atoms with E-state index in [2.05, 4.69) is 34.9 Å². The fourth-order valence-corrected chi connectivity index (χ4v) is 5.40. The van der Waals surface area contributed by atoms with Crippen LogP contribution in [0.2, 0.25) is 0 Å². The molecule has 2 aromatic carbocycles. The summed E-state index contributed by atoms with van der Waals surface area (Å²) in [5, 5.41) is 15.0. The van der Waals surface area contributed by atoms with Gasteiger partial charge in [0.15, 0.2) is 6.10 Å². The van der Waals surface area contributed by atoms with Gasteiger partial charge in [0.05, 0.1) is 12.0 Å². The molecular formula is C27H30N2O6. The number of hydrogen-bond donors (Lipinski definition) is 3. The second kappa shape index (κ2) is 10.1. The third kappa shape index (κ3) is 4.75. The van der Waals surface area contributed by atoms with Gasteiger partial charge in [-0.3, -0.25) is 9.59 Å². The van der Waals surface area contributed by atoms with E-state index >= 15 is 0 Å². The molecule has 8 heteroatoms. The molecule has 1 unspecified atom stereocenters. The van der Waals surface area contributed by atoms with Crippen molar-refractivity contribution in [2.24, 2.45) is 11.8 Å². The summed E-state index contributed by atoms with van der Waals surface area (Å²) < 4.78 is 11.2. The number of alkyl carbamates (subject to hydrolysis) is 1. The topological polar surface area (TPSA) is 114 Å². The molecule has 0 radical (unpaired) electrons. The van der Waals surface area contributed by atoms with Crippen molar-refractivity contribution in [3.63, 3.8) is 0 Å². The quantitative estimate of drug-likeness (QED) is 0.537. The van der Waals surface area contributed by atoms with Crippen molar-refractivity contribution in [2.45, 2.75) is 43.7 Å². The van der Waals surface area contributed by atoms with Crippen LogP contribution in [0.5, 0.6) is 0 Å². The van der Waals surface area contributed by atoms with Gasteiger partial charge in [0.2, 0.25) is 0 Å². The molecule has 3 atom stereocenters. The van der Waals surface area contributed by atoms with Crippen LogP contribution in [0.4, 0.5) is 4.79 Å². The number of ether oxygens (including phenoxy) is 2. The number of nitrogens with one attached hydrogen (secondary N) is 2. The summed E-state index contributed by atoms with van der Waals surface area (Å²) in [5.41, 5.74) is 4.56. The molecule has 184 valence electrons. The Balaban J connectivity index is 1.16. The molecule has 2 fully saturated rings. The Hall–Kier alpha value is -3.39. The zero-order valence-electron chi connectivity index (χ0n) is 19.4. The standard InChI is InChI=1S/C27H30N2O6/c30-25(28-14-21(26(31)32)16-6-5-7-16)24-23(12-13-34-24)29-27(33)35-15-22-19-10-3-1-8-17(19)18-9-2-4-11-20(18)22/h1-4,8-11,16,21-24H,5-7,12-15H2,(H,28,30)(H,29,33)(H,31,32)/t21?,23-,24+/m0/s1. The lowest BCUT2D eigenvalue weighted by atomic mass is 9.76. The van der Waals surface area contributed by atoms with E-state index < -0.39 is 36.0 Å². The van der Waals surface area contributed by atoms with E-state index in [1.165, 1.54) is 0 Å². The minimum absolute atomic E-state index is 0.0495. The zero-order valence-corrected chi connectivity index (χ0v) is 19.4. The molecule has 8 nitrogen and oxygen atoms in total. The van der Waals surface area contributed by atoms with Gasteiger partial charge in [-0.25, -0.2) is 4.79 Å². The molecule has 1 saturated carbocycles. The highest BCUT2D eigenvalue weighted by molar-refractivity contribution is 5.83. The van der Waals surface area contributed by atoms with Gasteiger partial charge in [0.25, 0.3) is 5.91 Å². The normalized spacial score (nSPS) is 21.9. The highest BCUT2D eigenvalue weighted by Crippen LogP contribution is 2.44. The van der Waals surface area contributed by atoms with Crippen LogP contribution in [0, 0.1) is 11.8 Å². The Morgan fingerprint density at radius 3 is 2.26 bits per heavy atom. The minimum Gasteiger partial charge on any atom is -0.481 e. The van der Waals surface area contributed by atoms with Crippen molar-refractivity contribution in [1.29, 1.82) is 0 Å². The Morgan fingerprint density at radius 1 is 1.00 bits per heavy atom. The summed E-state index contributed by atoms with van der Waals surface area (Å²) in [6.07, 6.45) is 1.79. The smallest absolute Gasteiger partial charge is 0.407 e. The van der Waals surface area contributed by atoms with Crippen LogP contribution in [0.3, 0.4) is 0 Å². The molecule has 0 aromatic heterocycles. The van der Waals surface area contributed by atoms with E-state index in [1.807, 2.05) is 24.3 Å². The van der Waals surface area contributed by atoms with Crippen molar-refractivity contribution in [3.8, 4) is 11.1 Å². The van der Waals surface area contributed by atoms with E-state index in [-0.39, 0.29) is 25.0 Å². The van der Waals surface area contributed by atoms with Crippen LogP contribution < -0.4 is 10.6 Å². The van der Waals surface area contributed by atoms with Crippen molar-refractivity contribution in [3.05, 3.63) is 59.7 Å². The fraction of sp³-hybridized carbons (Fsp3) is 0.444. The molecule has 1 aliphatic heterocycles. The zero-order chi connectivity index (χ0) is 24.4. The summed E-state index contributed by atoms with van der Waals surface area (Å²) in [7, 11) is 0. The number of rotatable bonds is 8. The molecule has 1 saturated heterocycles. The number of benzene rings is 2. The maximum atomic E-state index is 12.7. The van der Waals surface area contributed by atoms with Gasteiger partial charge in [-0.2, -0.15) is 0 Å². The first kappa shape index (κ1) is 23.4. The minimum atomic E-state index is -0.893. The second-order valence-corrected chi connectivity index (χ2v) is 9.54. The Labute approximate surface area is 204 Å². The monoisotopic (exact) mass is 478 g/mol. The number of carbonyl (C=O) groups excluding carboxylic acids is 2. The van der Waals surface area contributed by atoms with Crippen LogP contribution in [-0.4, -0.2) is 55.0 Å². The number of carboxylic acid groups (broad SMARTS) is 1. The molecule has 35 heavy (non-hydrogen) atoms.